The molecular formula is C14H26N2O. The summed E-state index contributed by atoms with van der Waals surface area (Å²) in [5.74, 6) is 0.947. The molecule has 2 aliphatic carbocycles. The molecule has 3 aliphatic rings. The van der Waals surface area contributed by atoms with Crippen molar-refractivity contribution in [3.05, 3.63) is 0 Å². The van der Waals surface area contributed by atoms with Crippen molar-refractivity contribution >= 4 is 0 Å². The van der Waals surface area contributed by atoms with Gasteiger partial charge in [-0.15, -0.1) is 0 Å². The number of ether oxygens (including phenoxy) is 1. The molecule has 1 heterocycles. The summed E-state index contributed by atoms with van der Waals surface area (Å²) in [4.78, 5) is 0. The fourth-order valence-corrected chi connectivity index (χ4v) is 3.99. The molecule has 98 valence electrons. The molecular weight excluding hydrogens is 212 g/mol. The second-order valence-corrected chi connectivity index (χ2v) is 6.23. The smallest absolute Gasteiger partial charge is 0.0724 e. The Hall–Kier alpha value is -0.120. The van der Waals surface area contributed by atoms with Crippen LogP contribution in [-0.4, -0.2) is 38.9 Å². The summed E-state index contributed by atoms with van der Waals surface area (Å²) in [5, 5.41) is 7.24. The van der Waals surface area contributed by atoms with Crippen molar-refractivity contribution < 1.29 is 4.74 Å². The molecule has 0 bridgehead atoms. The van der Waals surface area contributed by atoms with Crippen LogP contribution in [-0.2, 0) is 4.74 Å². The molecule has 0 radical (unpaired) electrons. The van der Waals surface area contributed by atoms with Crippen molar-refractivity contribution in [2.45, 2.75) is 50.7 Å². The summed E-state index contributed by atoms with van der Waals surface area (Å²) in [6, 6.07) is 0.624. The maximum atomic E-state index is 5.54. The van der Waals surface area contributed by atoms with E-state index < -0.39 is 0 Å². The van der Waals surface area contributed by atoms with E-state index in [1.165, 1.54) is 58.2 Å². The van der Waals surface area contributed by atoms with E-state index in [-0.39, 0.29) is 0 Å². The fourth-order valence-electron chi connectivity index (χ4n) is 3.99. The maximum Gasteiger partial charge on any atom is 0.0724 e. The normalized spacial score (nSPS) is 39.7. The number of hydrogen-bond acceptors (Lipinski definition) is 3. The molecule has 0 amide bonds. The molecule has 3 nitrogen and oxygen atoms in total. The van der Waals surface area contributed by atoms with E-state index in [9.17, 15) is 0 Å². The molecule has 3 heteroatoms. The molecule has 2 saturated carbocycles. The standard InChI is InChI=1S/C14H26N2O/c1-17-13-4-2-3-12(13)16-10-11-9-14(11)5-7-15-8-6-14/h11-13,15-16H,2-10H2,1H3. The van der Waals surface area contributed by atoms with Crippen LogP contribution in [0.15, 0.2) is 0 Å². The van der Waals surface area contributed by atoms with Gasteiger partial charge in [0.25, 0.3) is 0 Å². The Balaban J connectivity index is 1.43. The monoisotopic (exact) mass is 238 g/mol. The number of nitrogens with one attached hydrogen (secondary N) is 2. The second kappa shape index (κ2) is 4.87. The van der Waals surface area contributed by atoms with Crippen LogP contribution >= 0.6 is 0 Å². The largest absolute Gasteiger partial charge is 0.380 e. The molecule has 3 atom stereocenters. The zero-order chi connectivity index (χ0) is 11.7. The third kappa shape index (κ3) is 2.38. The summed E-state index contributed by atoms with van der Waals surface area (Å²) in [6.45, 7) is 3.70. The van der Waals surface area contributed by atoms with E-state index in [4.69, 9.17) is 4.74 Å². The lowest BCUT2D eigenvalue weighted by molar-refractivity contribution is 0.0843. The Kier molecular flexibility index (Phi) is 3.42. The van der Waals surface area contributed by atoms with Gasteiger partial charge >= 0.3 is 0 Å². The van der Waals surface area contributed by atoms with Crippen molar-refractivity contribution in [3.63, 3.8) is 0 Å². The van der Waals surface area contributed by atoms with E-state index in [0.717, 1.165) is 11.3 Å². The molecule has 3 unspecified atom stereocenters. The van der Waals surface area contributed by atoms with Crippen molar-refractivity contribution in [2.75, 3.05) is 26.7 Å². The summed E-state index contributed by atoms with van der Waals surface area (Å²) in [5.41, 5.74) is 0.722. The Labute approximate surface area is 105 Å². The molecule has 2 N–H and O–H groups in total. The van der Waals surface area contributed by atoms with Gasteiger partial charge in [-0.2, -0.15) is 0 Å². The molecule has 3 rings (SSSR count). The second-order valence-electron chi connectivity index (χ2n) is 6.23. The first-order valence-corrected chi connectivity index (χ1v) is 7.31. The highest BCUT2D eigenvalue weighted by Gasteiger charge is 2.53. The minimum Gasteiger partial charge on any atom is -0.380 e. The molecule has 0 aromatic heterocycles. The van der Waals surface area contributed by atoms with Crippen molar-refractivity contribution in [3.8, 4) is 0 Å². The lowest BCUT2D eigenvalue weighted by Gasteiger charge is -2.25. The van der Waals surface area contributed by atoms with Crippen LogP contribution in [0.25, 0.3) is 0 Å². The fraction of sp³-hybridized carbons (Fsp3) is 1.00. The van der Waals surface area contributed by atoms with E-state index in [1.54, 1.807) is 0 Å². The average molecular weight is 238 g/mol. The molecule has 3 fully saturated rings. The Morgan fingerprint density at radius 2 is 2.12 bits per heavy atom. The third-order valence-electron chi connectivity index (χ3n) is 5.34. The van der Waals surface area contributed by atoms with Gasteiger partial charge < -0.3 is 15.4 Å². The van der Waals surface area contributed by atoms with Crippen LogP contribution < -0.4 is 10.6 Å². The molecule has 1 spiro atoms. The van der Waals surface area contributed by atoms with Crippen LogP contribution in [0.3, 0.4) is 0 Å². The first-order valence-electron chi connectivity index (χ1n) is 7.31. The zero-order valence-electron chi connectivity index (χ0n) is 11.0. The lowest BCUT2D eigenvalue weighted by atomic mass is 9.92. The first-order chi connectivity index (χ1) is 8.34. The topological polar surface area (TPSA) is 33.3 Å². The van der Waals surface area contributed by atoms with Gasteiger partial charge in [-0.3, -0.25) is 0 Å². The molecule has 0 aromatic carbocycles. The predicted octanol–water partition coefficient (Wildman–Crippen LogP) is 1.53. The van der Waals surface area contributed by atoms with Crippen LogP contribution in [0.4, 0.5) is 0 Å². The average Bonchev–Trinajstić information content (AvgIpc) is 2.84. The number of rotatable bonds is 4. The summed E-state index contributed by atoms with van der Waals surface area (Å²) in [6.07, 6.45) is 8.61. The van der Waals surface area contributed by atoms with Gasteiger partial charge in [-0.05, 0) is 69.5 Å². The van der Waals surface area contributed by atoms with Gasteiger partial charge in [0.1, 0.15) is 0 Å². The van der Waals surface area contributed by atoms with Gasteiger partial charge in [-0.25, -0.2) is 0 Å². The maximum absolute atomic E-state index is 5.54. The number of piperidine rings is 1. The molecule has 17 heavy (non-hydrogen) atoms. The minimum absolute atomic E-state index is 0.470. The van der Waals surface area contributed by atoms with Gasteiger partial charge in [0.15, 0.2) is 0 Å². The van der Waals surface area contributed by atoms with Crippen LogP contribution in [0.1, 0.15) is 38.5 Å². The highest BCUT2D eigenvalue weighted by molar-refractivity contribution is 5.05. The molecule has 0 aromatic rings. The summed E-state index contributed by atoms with van der Waals surface area (Å²) < 4.78 is 5.54. The Bertz CT molecular complexity index is 263. The van der Waals surface area contributed by atoms with Gasteiger partial charge in [0, 0.05) is 13.2 Å². The van der Waals surface area contributed by atoms with Crippen LogP contribution in [0.2, 0.25) is 0 Å². The quantitative estimate of drug-likeness (QED) is 0.779. The van der Waals surface area contributed by atoms with Crippen LogP contribution in [0, 0.1) is 11.3 Å². The zero-order valence-corrected chi connectivity index (χ0v) is 11.0. The number of hydrogen-bond donors (Lipinski definition) is 2. The Morgan fingerprint density at radius 1 is 1.29 bits per heavy atom. The van der Waals surface area contributed by atoms with Crippen molar-refractivity contribution in [2.24, 2.45) is 11.3 Å². The SMILES string of the molecule is COC1CCCC1NCC1CC12CCNCC2. The molecule has 1 aliphatic heterocycles. The van der Waals surface area contributed by atoms with Crippen molar-refractivity contribution in [1.29, 1.82) is 0 Å². The third-order valence-corrected chi connectivity index (χ3v) is 5.34. The van der Waals surface area contributed by atoms with Crippen LogP contribution in [0.5, 0.6) is 0 Å². The predicted molar refractivity (Wildman–Crippen MR) is 69.1 cm³/mol. The van der Waals surface area contributed by atoms with Gasteiger partial charge in [0.2, 0.25) is 0 Å². The summed E-state index contributed by atoms with van der Waals surface area (Å²) >= 11 is 0. The highest BCUT2D eigenvalue weighted by atomic mass is 16.5. The van der Waals surface area contributed by atoms with Gasteiger partial charge in [-0.1, -0.05) is 0 Å². The summed E-state index contributed by atoms with van der Waals surface area (Å²) in [7, 11) is 1.86. The van der Waals surface area contributed by atoms with E-state index in [1.807, 2.05) is 7.11 Å². The number of methoxy groups -OCH3 is 1. The molecule has 1 saturated heterocycles. The van der Waals surface area contributed by atoms with E-state index >= 15 is 0 Å². The van der Waals surface area contributed by atoms with E-state index in [0.29, 0.717) is 12.1 Å². The van der Waals surface area contributed by atoms with Crippen molar-refractivity contribution in [1.82, 2.24) is 10.6 Å². The lowest BCUT2D eigenvalue weighted by Crippen LogP contribution is -2.39. The first kappa shape index (κ1) is 11.9. The minimum atomic E-state index is 0.470. The highest BCUT2D eigenvalue weighted by Crippen LogP contribution is 2.58. The van der Waals surface area contributed by atoms with E-state index in [2.05, 4.69) is 10.6 Å². The Morgan fingerprint density at radius 3 is 2.88 bits per heavy atom. The van der Waals surface area contributed by atoms with Gasteiger partial charge in [0.05, 0.1) is 6.10 Å².